The average Bonchev–Trinajstić information content (AvgIpc) is 2.38. The Bertz CT molecular complexity index is 762. The molecule has 20 heavy (non-hydrogen) atoms. The molecule has 0 aliphatic carbocycles. The highest BCUT2D eigenvalue weighted by molar-refractivity contribution is 9.10. The summed E-state index contributed by atoms with van der Waals surface area (Å²) in [5.74, 6) is -1.23. The summed E-state index contributed by atoms with van der Waals surface area (Å²) in [5, 5.41) is 8.82. The number of carboxylic acids is 1. The van der Waals surface area contributed by atoms with E-state index >= 15 is 0 Å². The predicted molar refractivity (Wildman–Crippen MR) is 76.1 cm³/mol. The second-order valence-electron chi connectivity index (χ2n) is 3.80. The fraction of sp³-hybridized carbons (Fsp3) is 0. The Kier molecular flexibility index (Phi) is 4.05. The number of benzene rings is 1. The lowest BCUT2D eigenvalue weighted by Crippen LogP contribution is -2.13. The van der Waals surface area contributed by atoms with Crippen LogP contribution in [0.15, 0.2) is 52.0 Å². The minimum Gasteiger partial charge on any atom is -0.477 e. The summed E-state index contributed by atoms with van der Waals surface area (Å²) in [6.07, 6.45) is 1.22. The third kappa shape index (κ3) is 3.34. The minimum absolute atomic E-state index is 0.0700. The zero-order valence-corrected chi connectivity index (χ0v) is 12.3. The second-order valence-corrected chi connectivity index (χ2v) is 6.40. The molecule has 6 nitrogen and oxygen atoms in total. The quantitative estimate of drug-likeness (QED) is 0.876. The normalized spacial score (nSPS) is 11.1. The van der Waals surface area contributed by atoms with Crippen molar-refractivity contribution in [2.45, 2.75) is 4.90 Å². The lowest BCUT2D eigenvalue weighted by Gasteiger charge is -2.08. The molecule has 0 bridgehead atoms. The second kappa shape index (κ2) is 5.59. The van der Waals surface area contributed by atoms with Crippen LogP contribution in [0.25, 0.3) is 0 Å². The molecule has 0 amide bonds. The molecule has 8 heteroatoms. The van der Waals surface area contributed by atoms with Gasteiger partial charge >= 0.3 is 5.97 Å². The van der Waals surface area contributed by atoms with E-state index in [2.05, 4.69) is 25.6 Å². The van der Waals surface area contributed by atoms with Crippen LogP contribution in [0.1, 0.15) is 10.5 Å². The number of aromatic nitrogens is 1. The van der Waals surface area contributed by atoms with Gasteiger partial charge in [-0.1, -0.05) is 22.0 Å². The van der Waals surface area contributed by atoms with E-state index in [-0.39, 0.29) is 16.3 Å². The first-order valence-corrected chi connectivity index (χ1v) is 7.64. The van der Waals surface area contributed by atoms with Gasteiger partial charge in [-0.3, -0.25) is 4.72 Å². The van der Waals surface area contributed by atoms with Crippen molar-refractivity contribution in [3.63, 3.8) is 0 Å². The summed E-state index contributed by atoms with van der Waals surface area (Å²) >= 11 is 3.19. The molecule has 0 saturated carbocycles. The zero-order valence-electron chi connectivity index (χ0n) is 9.95. The van der Waals surface area contributed by atoms with Crippen molar-refractivity contribution in [2.75, 3.05) is 4.72 Å². The van der Waals surface area contributed by atoms with Gasteiger partial charge in [0.25, 0.3) is 10.0 Å². The van der Waals surface area contributed by atoms with Crippen molar-refractivity contribution in [2.24, 2.45) is 0 Å². The van der Waals surface area contributed by atoms with E-state index in [0.29, 0.717) is 4.47 Å². The van der Waals surface area contributed by atoms with Gasteiger partial charge in [-0.25, -0.2) is 18.2 Å². The van der Waals surface area contributed by atoms with Crippen molar-refractivity contribution in [1.82, 2.24) is 4.98 Å². The summed E-state index contributed by atoms with van der Waals surface area (Å²) in [5.41, 5.74) is -0.100. The van der Waals surface area contributed by atoms with Crippen LogP contribution in [0, 0.1) is 0 Å². The molecular weight excluding hydrogens is 348 g/mol. The van der Waals surface area contributed by atoms with Gasteiger partial charge in [-0.05, 0) is 30.3 Å². The molecule has 1 aromatic carbocycles. The number of pyridine rings is 1. The Labute approximate surface area is 123 Å². The third-order valence-corrected chi connectivity index (χ3v) is 4.21. The van der Waals surface area contributed by atoms with Gasteiger partial charge in [0, 0.05) is 10.7 Å². The van der Waals surface area contributed by atoms with E-state index in [9.17, 15) is 13.2 Å². The number of aromatic carboxylic acids is 1. The molecule has 0 aliphatic rings. The number of hydrogen-bond donors (Lipinski definition) is 2. The highest BCUT2D eigenvalue weighted by Gasteiger charge is 2.15. The fourth-order valence-corrected chi connectivity index (χ4v) is 3.10. The predicted octanol–water partition coefficient (Wildman–Crippen LogP) is 2.34. The molecule has 0 unspecified atom stereocenters. The maximum absolute atomic E-state index is 12.1. The maximum Gasteiger partial charge on any atom is 0.354 e. The number of sulfonamides is 1. The Morgan fingerprint density at radius 1 is 1.25 bits per heavy atom. The summed E-state index contributed by atoms with van der Waals surface area (Å²) in [6, 6.07) is 8.70. The van der Waals surface area contributed by atoms with Crippen molar-refractivity contribution in [1.29, 1.82) is 0 Å². The van der Waals surface area contributed by atoms with Gasteiger partial charge in [0.1, 0.15) is 5.69 Å². The van der Waals surface area contributed by atoms with Gasteiger partial charge in [0.05, 0.1) is 10.6 Å². The number of nitrogens with zero attached hydrogens (tertiary/aromatic N) is 1. The van der Waals surface area contributed by atoms with Gasteiger partial charge in [-0.15, -0.1) is 0 Å². The molecule has 0 radical (unpaired) electrons. The first kappa shape index (κ1) is 14.5. The molecule has 2 N–H and O–H groups in total. The smallest absolute Gasteiger partial charge is 0.354 e. The van der Waals surface area contributed by atoms with Gasteiger partial charge in [0.15, 0.2) is 0 Å². The number of halogens is 1. The number of anilines is 1. The van der Waals surface area contributed by atoms with Crippen molar-refractivity contribution < 1.29 is 18.3 Å². The van der Waals surface area contributed by atoms with Crippen LogP contribution in [0.5, 0.6) is 0 Å². The molecule has 0 atom stereocenters. The third-order valence-electron chi connectivity index (χ3n) is 2.34. The van der Waals surface area contributed by atoms with Crippen molar-refractivity contribution in [3.05, 3.63) is 52.8 Å². The van der Waals surface area contributed by atoms with Crippen LogP contribution >= 0.6 is 15.9 Å². The lowest BCUT2D eigenvalue weighted by atomic mass is 10.3. The van der Waals surface area contributed by atoms with Gasteiger partial charge in [-0.2, -0.15) is 0 Å². The minimum atomic E-state index is -3.78. The number of hydrogen-bond acceptors (Lipinski definition) is 4. The van der Waals surface area contributed by atoms with E-state index in [0.717, 1.165) is 6.07 Å². The summed E-state index contributed by atoms with van der Waals surface area (Å²) in [4.78, 5) is 14.5. The Morgan fingerprint density at radius 2 is 2.00 bits per heavy atom. The van der Waals surface area contributed by atoms with Crippen LogP contribution in [-0.4, -0.2) is 24.5 Å². The summed E-state index contributed by atoms with van der Waals surface area (Å²) < 4.78 is 27.2. The monoisotopic (exact) mass is 356 g/mol. The summed E-state index contributed by atoms with van der Waals surface area (Å²) in [6.45, 7) is 0. The largest absolute Gasteiger partial charge is 0.477 e. The van der Waals surface area contributed by atoms with Gasteiger partial charge < -0.3 is 5.11 Å². The number of rotatable bonds is 4. The van der Waals surface area contributed by atoms with Crippen molar-refractivity contribution in [3.8, 4) is 0 Å². The molecule has 2 aromatic rings. The molecule has 1 heterocycles. The number of nitrogens with one attached hydrogen (secondary N) is 1. The molecule has 0 fully saturated rings. The van der Waals surface area contributed by atoms with Crippen LogP contribution in [0.3, 0.4) is 0 Å². The Balaban J connectivity index is 2.33. The Morgan fingerprint density at radius 3 is 2.65 bits per heavy atom. The molecule has 0 spiro atoms. The van der Waals surface area contributed by atoms with Crippen LogP contribution in [0.2, 0.25) is 0 Å². The van der Waals surface area contributed by atoms with Crippen LogP contribution < -0.4 is 4.72 Å². The molecule has 0 saturated heterocycles. The molecule has 1 aromatic heterocycles. The first-order valence-electron chi connectivity index (χ1n) is 5.36. The van der Waals surface area contributed by atoms with E-state index in [1.807, 2.05) is 0 Å². The average molecular weight is 357 g/mol. The molecule has 2 rings (SSSR count). The first-order chi connectivity index (χ1) is 9.38. The van der Waals surface area contributed by atoms with E-state index in [1.54, 1.807) is 12.1 Å². The molecular formula is C12H9BrN2O4S. The standard InChI is InChI=1S/C12H9BrN2O4S/c13-8-2-1-3-10(6-8)20(18,19)15-9-4-5-14-11(7-9)12(16)17/h1-7H,(H,14,15)(H,16,17). The number of carboxylic acid groups (broad SMARTS) is 1. The maximum atomic E-state index is 12.1. The van der Waals surface area contributed by atoms with Gasteiger partial charge in [0.2, 0.25) is 0 Å². The van der Waals surface area contributed by atoms with Crippen LogP contribution in [0.4, 0.5) is 5.69 Å². The van der Waals surface area contributed by atoms with Crippen molar-refractivity contribution >= 4 is 37.6 Å². The lowest BCUT2D eigenvalue weighted by molar-refractivity contribution is 0.0690. The molecule has 104 valence electrons. The zero-order chi connectivity index (χ0) is 14.8. The Hall–Kier alpha value is -1.93. The van der Waals surface area contributed by atoms with E-state index in [1.165, 1.54) is 24.4 Å². The van der Waals surface area contributed by atoms with Crippen LogP contribution in [-0.2, 0) is 10.0 Å². The highest BCUT2D eigenvalue weighted by Crippen LogP contribution is 2.19. The molecule has 0 aliphatic heterocycles. The topological polar surface area (TPSA) is 96.4 Å². The fourth-order valence-electron chi connectivity index (χ4n) is 1.46. The highest BCUT2D eigenvalue weighted by atomic mass is 79.9. The summed E-state index contributed by atoms with van der Waals surface area (Å²) in [7, 11) is -3.78. The van der Waals surface area contributed by atoms with E-state index < -0.39 is 16.0 Å². The van der Waals surface area contributed by atoms with E-state index in [4.69, 9.17) is 5.11 Å². The number of carbonyl (C=O) groups is 1. The SMILES string of the molecule is O=C(O)c1cc(NS(=O)(=O)c2cccc(Br)c2)ccn1.